The first-order chi connectivity index (χ1) is 15.9. The van der Waals surface area contributed by atoms with E-state index < -0.39 is 12.1 Å². The van der Waals surface area contributed by atoms with E-state index in [0.717, 1.165) is 0 Å². The highest BCUT2D eigenvalue weighted by Gasteiger charge is 2.21. The summed E-state index contributed by atoms with van der Waals surface area (Å²) in [5.41, 5.74) is 7.46. The van der Waals surface area contributed by atoms with E-state index in [0.29, 0.717) is 48.7 Å². The number of alkyl carbamates (subject to hydrolysis) is 1. The summed E-state index contributed by atoms with van der Waals surface area (Å²) >= 11 is 0. The van der Waals surface area contributed by atoms with Gasteiger partial charge in [0.25, 0.3) is 0 Å². The molecule has 0 aliphatic rings. The number of nitrogen functional groups attached to an aromatic ring is 1. The molecule has 1 atom stereocenters. The van der Waals surface area contributed by atoms with Crippen LogP contribution in [0.15, 0.2) is 48.5 Å². The summed E-state index contributed by atoms with van der Waals surface area (Å²) in [6.45, 7) is 4.26. The Morgan fingerprint density at radius 1 is 0.970 bits per heavy atom. The third-order valence-corrected chi connectivity index (χ3v) is 4.68. The predicted molar refractivity (Wildman–Crippen MR) is 128 cm³/mol. The largest absolute Gasteiger partial charge is 0.494 e. The molecule has 0 fully saturated rings. The Bertz CT molecular complexity index is 935. The maximum Gasteiger partial charge on any atom is 0.407 e. The summed E-state index contributed by atoms with van der Waals surface area (Å²) in [6.07, 6.45) is 1.01. The van der Waals surface area contributed by atoms with Gasteiger partial charge < -0.3 is 31.2 Å². The van der Waals surface area contributed by atoms with E-state index in [4.69, 9.17) is 15.2 Å². The fourth-order valence-electron chi connectivity index (χ4n) is 3.10. The van der Waals surface area contributed by atoms with Crippen molar-refractivity contribution in [3.05, 3.63) is 48.5 Å². The van der Waals surface area contributed by atoms with Crippen molar-refractivity contribution in [3.63, 3.8) is 0 Å². The van der Waals surface area contributed by atoms with Crippen molar-refractivity contribution < 1.29 is 23.9 Å². The van der Waals surface area contributed by atoms with Crippen molar-refractivity contribution in [2.45, 2.75) is 45.6 Å². The topological polar surface area (TPSA) is 132 Å². The minimum Gasteiger partial charge on any atom is -0.494 e. The van der Waals surface area contributed by atoms with Gasteiger partial charge in [0.15, 0.2) is 0 Å². The average Bonchev–Trinajstić information content (AvgIpc) is 2.78. The second kappa shape index (κ2) is 13.6. The maximum atomic E-state index is 12.8. The lowest BCUT2D eigenvalue weighted by molar-refractivity contribution is -0.118. The van der Waals surface area contributed by atoms with Crippen molar-refractivity contribution in [2.24, 2.45) is 0 Å². The Balaban J connectivity index is 1.89. The molecule has 178 valence electrons. The molecular weight excluding hydrogens is 424 g/mol. The Morgan fingerprint density at radius 2 is 1.76 bits per heavy atom. The van der Waals surface area contributed by atoms with Crippen molar-refractivity contribution >= 4 is 35.0 Å². The van der Waals surface area contributed by atoms with Gasteiger partial charge in [0.2, 0.25) is 11.8 Å². The van der Waals surface area contributed by atoms with Crippen LogP contribution in [0.1, 0.15) is 39.5 Å². The summed E-state index contributed by atoms with van der Waals surface area (Å²) in [4.78, 5) is 36.9. The molecule has 0 aromatic heterocycles. The molecule has 0 bridgehead atoms. The number of ether oxygens (including phenoxy) is 2. The summed E-state index contributed by atoms with van der Waals surface area (Å²) in [5, 5.41) is 8.16. The highest BCUT2D eigenvalue weighted by atomic mass is 16.5. The van der Waals surface area contributed by atoms with Crippen LogP contribution in [0.3, 0.4) is 0 Å². The molecule has 0 aliphatic carbocycles. The molecular formula is C24H32N4O5. The molecule has 0 heterocycles. The van der Waals surface area contributed by atoms with E-state index >= 15 is 0 Å². The molecule has 2 aromatic carbocycles. The van der Waals surface area contributed by atoms with Gasteiger partial charge in [-0.25, -0.2) is 4.79 Å². The Morgan fingerprint density at radius 3 is 2.48 bits per heavy atom. The van der Waals surface area contributed by atoms with Crippen LogP contribution in [0.4, 0.5) is 21.9 Å². The van der Waals surface area contributed by atoms with Crippen LogP contribution in [-0.2, 0) is 14.3 Å². The van der Waals surface area contributed by atoms with E-state index in [9.17, 15) is 14.4 Å². The SMILES string of the molecule is CCOC(=O)N[C@@H](CCCCC(=O)Nc1ccccc1N)C(=O)Nc1cccc(OCC)c1. The number of benzene rings is 2. The molecule has 2 rings (SSSR count). The monoisotopic (exact) mass is 456 g/mol. The zero-order valence-electron chi connectivity index (χ0n) is 19.1. The van der Waals surface area contributed by atoms with Crippen LogP contribution in [-0.4, -0.2) is 37.2 Å². The smallest absolute Gasteiger partial charge is 0.407 e. The van der Waals surface area contributed by atoms with Gasteiger partial charge in [-0.1, -0.05) is 24.6 Å². The zero-order chi connectivity index (χ0) is 24.1. The molecule has 0 radical (unpaired) electrons. The minimum atomic E-state index is -0.812. The van der Waals surface area contributed by atoms with Crippen LogP contribution in [0.2, 0.25) is 0 Å². The number of hydrogen-bond donors (Lipinski definition) is 4. The van der Waals surface area contributed by atoms with Crippen molar-refractivity contribution in [3.8, 4) is 5.75 Å². The molecule has 9 heteroatoms. The molecule has 33 heavy (non-hydrogen) atoms. The number of hydrogen-bond acceptors (Lipinski definition) is 6. The molecule has 9 nitrogen and oxygen atoms in total. The van der Waals surface area contributed by atoms with Crippen LogP contribution < -0.4 is 26.4 Å². The summed E-state index contributed by atoms with van der Waals surface area (Å²) in [6, 6.07) is 13.2. The number of rotatable bonds is 12. The third-order valence-electron chi connectivity index (χ3n) is 4.68. The van der Waals surface area contributed by atoms with E-state index in [1.165, 1.54) is 0 Å². The van der Waals surface area contributed by atoms with Gasteiger partial charge in [0, 0.05) is 18.2 Å². The average molecular weight is 457 g/mol. The first kappa shape index (κ1) is 25.5. The van der Waals surface area contributed by atoms with Gasteiger partial charge in [-0.05, 0) is 51.0 Å². The lowest BCUT2D eigenvalue weighted by atomic mass is 10.1. The highest BCUT2D eigenvalue weighted by molar-refractivity contribution is 5.96. The second-order valence-corrected chi connectivity index (χ2v) is 7.25. The van der Waals surface area contributed by atoms with E-state index in [1.807, 2.05) is 6.92 Å². The van der Waals surface area contributed by atoms with Crippen LogP contribution in [0.5, 0.6) is 5.75 Å². The first-order valence-electron chi connectivity index (χ1n) is 11.0. The van der Waals surface area contributed by atoms with Gasteiger partial charge in [0.05, 0.1) is 24.6 Å². The number of carbonyl (C=O) groups is 3. The van der Waals surface area contributed by atoms with Crippen molar-refractivity contribution in [2.75, 3.05) is 29.6 Å². The normalized spacial score (nSPS) is 11.2. The molecule has 2 aromatic rings. The van der Waals surface area contributed by atoms with Crippen molar-refractivity contribution in [1.82, 2.24) is 5.32 Å². The fourth-order valence-corrected chi connectivity index (χ4v) is 3.10. The zero-order valence-corrected chi connectivity index (χ0v) is 19.1. The van der Waals surface area contributed by atoms with E-state index in [2.05, 4.69) is 16.0 Å². The summed E-state index contributed by atoms with van der Waals surface area (Å²) < 4.78 is 10.4. The number of nitrogens with one attached hydrogen (secondary N) is 3. The Kier molecular flexibility index (Phi) is 10.5. The molecule has 0 saturated carbocycles. The maximum absolute atomic E-state index is 12.8. The molecule has 3 amide bonds. The summed E-state index contributed by atoms with van der Waals surface area (Å²) in [5.74, 6) is 0.0912. The van der Waals surface area contributed by atoms with E-state index in [1.54, 1.807) is 55.5 Å². The number of anilines is 3. The molecule has 0 saturated heterocycles. The molecule has 0 spiro atoms. The Hall–Kier alpha value is -3.75. The fraction of sp³-hybridized carbons (Fsp3) is 0.375. The Labute approximate surface area is 194 Å². The van der Waals surface area contributed by atoms with Gasteiger partial charge in [0.1, 0.15) is 11.8 Å². The van der Waals surface area contributed by atoms with Crippen LogP contribution in [0.25, 0.3) is 0 Å². The second-order valence-electron chi connectivity index (χ2n) is 7.25. The number of amides is 3. The number of nitrogens with two attached hydrogens (primary N) is 1. The van der Waals surface area contributed by atoms with Gasteiger partial charge in [-0.3, -0.25) is 9.59 Å². The highest BCUT2D eigenvalue weighted by Crippen LogP contribution is 2.19. The summed E-state index contributed by atoms with van der Waals surface area (Å²) in [7, 11) is 0. The molecule has 5 N–H and O–H groups in total. The van der Waals surface area contributed by atoms with Crippen molar-refractivity contribution in [1.29, 1.82) is 0 Å². The van der Waals surface area contributed by atoms with Crippen LogP contribution >= 0.6 is 0 Å². The molecule has 0 unspecified atom stereocenters. The van der Waals surface area contributed by atoms with Crippen LogP contribution in [0, 0.1) is 0 Å². The van der Waals surface area contributed by atoms with Gasteiger partial charge >= 0.3 is 6.09 Å². The first-order valence-corrected chi connectivity index (χ1v) is 11.0. The van der Waals surface area contributed by atoms with Gasteiger partial charge in [-0.15, -0.1) is 0 Å². The lowest BCUT2D eigenvalue weighted by Crippen LogP contribution is -2.44. The molecule has 0 aliphatic heterocycles. The number of para-hydroxylation sites is 2. The number of carbonyl (C=O) groups excluding carboxylic acids is 3. The standard InChI is InChI=1S/C24H32N4O5/c1-3-32-18-11-9-10-17(16-18)26-23(30)21(28-24(31)33-4-2)14-7-8-15-22(29)27-20-13-6-5-12-19(20)25/h5-6,9-13,16,21H,3-4,7-8,14-15,25H2,1-2H3,(H,26,30)(H,27,29)(H,28,31)/t21-/m0/s1. The van der Waals surface area contributed by atoms with E-state index in [-0.39, 0.29) is 24.8 Å². The van der Waals surface area contributed by atoms with Gasteiger partial charge in [-0.2, -0.15) is 0 Å². The predicted octanol–water partition coefficient (Wildman–Crippen LogP) is 3.92. The quantitative estimate of drug-likeness (QED) is 0.283. The lowest BCUT2D eigenvalue weighted by Gasteiger charge is -2.18. The number of unbranched alkanes of at least 4 members (excludes halogenated alkanes) is 1. The minimum absolute atomic E-state index is 0.167. The third kappa shape index (κ3) is 9.10.